The molecule has 3 rings (SSSR count). The third-order valence-corrected chi connectivity index (χ3v) is 7.00. The second-order valence-corrected chi connectivity index (χ2v) is 8.24. The summed E-state index contributed by atoms with van der Waals surface area (Å²) in [5.74, 6) is 2.82. The third-order valence-electron chi connectivity index (χ3n) is 3.22. The Balaban J connectivity index is 1.88. The molecule has 0 aliphatic carbocycles. The zero-order valence-corrected chi connectivity index (χ0v) is 13.8. The number of nitrogens with zero attached hydrogens (tertiary/aromatic N) is 2. The Morgan fingerprint density at radius 3 is 3.05 bits per heavy atom. The van der Waals surface area contributed by atoms with E-state index in [9.17, 15) is 4.79 Å². The van der Waals surface area contributed by atoms with E-state index in [2.05, 4.69) is 15.6 Å². The van der Waals surface area contributed by atoms with Crippen molar-refractivity contribution in [2.24, 2.45) is 0 Å². The maximum Gasteiger partial charge on any atom is 0.313 e. The molecular formula is C14H16N2O2S3. The summed E-state index contributed by atoms with van der Waals surface area (Å²) < 4.78 is 2.19. The van der Waals surface area contributed by atoms with Crippen LogP contribution >= 0.6 is 35.3 Å². The first kappa shape index (κ1) is 15.1. The third kappa shape index (κ3) is 3.70. The molecule has 1 fully saturated rings. The number of hydrogen-bond donors (Lipinski definition) is 1. The Bertz CT molecular complexity index is 638. The molecule has 1 atom stereocenters. The fourth-order valence-electron chi connectivity index (χ4n) is 2.31. The predicted octanol–water partition coefficient (Wildman–Crippen LogP) is 3.06. The summed E-state index contributed by atoms with van der Waals surface area (Å²) in [5.41, 5.74) is 2.04. The fraction of sp³-hybridized carbons (Fsp3) is 0.429. The van der Waals surface area contributed by atoms with Crippen molar-refractivity contribution in [2.75, 3.05) is 23.0 Å². The van der Waals surface area contributed by atoms with Gasteiger partial charge in [0.2, 0.25) is 0 Å². The predicted molar refractivity (Wildman–Crippen MR) is 91.7 cm³/mol. The minimum atomic E-state index is -0.804. The number of carboxylic acids is 1. The van der Waals surface area contributed by atoms with Crippen LogP contribution in [0.4, 0.5) is 0 Å². The standard InChI is InChI=1S/C14H16N2O2S3/c17-13(18)9-21-14-15-11-3-1-2-4-12(11)16(14)7-10-8-19-5-6-20-10/h1-4,10H,5-9H2,(H,17,18). The van der Waals surface area contributed by atoms with Crippen LogP contribution in [-0.2, 0) is 11.3 Å². The van der Waals surface area contributed by atoms with E-state index in [1.165, 1.54) is 23.3 Å². The summed E-state index contributed by atoms with van der Waals surface area (Å²) in [6, 6.07) is 8.03. The van der Waals surface area contributed by atoms with Crippen LogP contribution in [0.5, 0.6) is 0 Å². The first-order valence-electron chi connectivity index (χ1n) is 6.73. The topological polar surface area (TPSA) is 55.1 Å². The zero-order valence-electron chi connectivity index (χ0n) is 11.4. The molecule has 1 aliphatic rings. The Morgan fingerprint density at radius 1 is 1.43 bits per heavy atom. The van der Waals surface area contributed by atoms with Crippen LogP contribution in [0.15, 0.2) is 29.4 Å². The van der Waals surface area contributed by atoms with Gasteiger partial charge in [-0.3, -0.25) is 4.79 Å². The van der Waals surface area contributed by atoms with Crippen LogP contribution < -0.4 is 0 Å². The average Bonchev–Trinajstić information content (AvgIpc) is 2.84. The van der Waals surface area contributed by atoms with E-state index >= 15 is 0 Å². The lowest BCUT2D eigenvalue weighted by molar-refractivity contribution is -0.133. The number of carbonyl (C=O) groups is 1. The van der Waals surface area contributed by atoms with E-state index in [1.54, 1.807) is 0 Å². The quantitative estimate of drug-likeness (QED) is 0.844. The lowest BCUT2D eigenvalue weighted by Gasteiger charge is -2.22. The van der Waals surface area contributed by atoms with Gasteiger partial charge in [-0.15, -0.1) is 0 Å². The number of aromatic nitrogens is 2. The lowest BCUT2D eigenvalue weighted by atomic mass is 10.3. The van der Waals surface area contributed by atoms with E-state index in [1.807, 2.05) is 41.7 Å². The van der Waals surface area contributed by atoms with Crippen LogP contribution in [0.25, 0.3) is 11.0 Å². The van der Waals surface area contributed by atoms with Crippen molar-refractivity contribution < 1.29 is 9.90 Å². The second kappa shape index (κ2) is 6.98. The number of rotatable bonds is 5. The second-order valence-electron chi connectivity index (χ2n) is 4.74. The normalized spacial score (nSPS) is 19.0. The van der Waals surface area contributed by atoms with Crippen LogP contribution in [0.3, 0.4) is 0 Å². The average molecular weight is 340 g/mol. The first-order chi connectivity index (χ1) is 10.2. The molecule has 1 N–H and O–H groups in total. The molecule has 4 nitrogen and oxygen atoms in total. The van der Waals surface area contributed by atoms with Crippen molar-refractivity contribution in [1.82, 2.24) is 9.55 Å². The molecule has 0 amide bonds. The lowest BCUT2D eigenvalue weighted by Crippen LogP contribution is -2.21. The number of imidazole rings is 1. The largest absolute Gasteiger partial charge is 0.481 e. The molecule has 0 bridgehead atoms. The van der Waals surface area contributed by atoms with Gasteiger partial charge in [0.15, 0.2) is 5.16 Å². The molecule has 112 valence electrons. The van der Waals surface area contributed by atoms with Crippen molar-refractivity contribution in [3.63, 3.8) is 0 Å². The van der Waals surface area contributed by atoms with Gasteiger partial charge in [0, 0.05) is 29.1 Å². The van der Waals surface area contributed by atoms with Gasteiger partial charge < -0.3 is 9.67 Å². The summed E-state index contributed by atoms with van der Waals surface area (Å²) in [7, 11) is 0. The van der Waals surface area contributed by atoms with Gasteiger partial charge in [0.25, 0.3) is 0 Å². The number of thioether (sulfide) groups is 3. The molecule has 7 heteroatoms. The molecule has 1 aromatic carbocycles. The molecule has 0 radical (unpaired) electrons. The monoisotopic (exact) mass is 340 g/mol. The minimum Gasteiger partial charge on any atom is -0.481 e. The fourth-order valence-corrected chi connectivity index (χ4v) is 5.71. The summed E-state index contributed by atoms with van der Waals surface area (Å²) in [6.45, 7) is 0.903. The molecular weight excluding hydrogens is 324 g/mol. The van der Waals surface area contributed by atoms with Gasteiger partial charge in [0.05, 0.1) is 16.8 Å². The van der Waals surface area contributed by atoms with Crippen LogP contribution in [-0.4, -0.2) is 48.9 Å². The van der Waals surface area contributed by atoms with Gasteiger partial charge in [-0.1, -0.05) is 23.9 Å². The molecule has 21 heavy (non-hydrogen) atoms. The van der Waals surface area contributed by atoms with E-state index < -0.39 is 5.97 Å². The SMILES string of the molecule is O=C(O)CSc1nc2ccccc2n1CC1CSCCS1. The van der Waals surface area contributed by atoms with Crippen molar-refractivity contribution in [1.29, 1.82) is 0 Å². The molecule has 0 spiro atoms. The highest BCUT2D eigenvalue weighted by Crippen LogP contribution is 2.29. The van der Waals surface area contributed by atoms with Crippen molar-refractivity contribution in [2.45, 2.75) is 17.0 Å². The van der Waals surface area contributed by atoms with Gasteiger partial charge in [-0.2, -0.15) is 23.5 Å². The van der Waals surface area contributed by atoms with E-state index in [-0.39, 0.29) is 5.75 Å². The zero-order chi connectivity index (χ0) is 14.7. The number of benzene rings is 1. The Labute approximate surface area is 136 Å². The summed E-state index contributed by atoms with van der Waals surface area (Å²) in [5, 5.41) is 10.3. The number of fused-ring (bicyclic) bond motifs is 1. The highest BCUT2D eigenvalue weighted by molar-refractivity contribution is 8.06. The van der Waals surface area contributed by atoms with Crippen molar-refractivity contribution in [3.8, 4) is 0 Å². The van der Waals surface area contributed by atoms with E-state index in [4.69, 9.17) is 5.11 Å². The van der Waals surface area contributed by atoms with Crippen molar-refractivity contribution in [3.05, 3.63) is 24.3 Å². The Morgan fingerprint density at radius 2 is 2.29 bits per heavy atom. The molecule has 1 aromatic heterocycles. The van der Waals surface area contributed by atoms with Crippen molar-refractivity contribution >= 4 is 52.3 Å². The summed E-state index contributed by atoms with van der Waals surface area (Å²) in [6.07, 6.45) is 0. The molecule has 1 unspecified atom stereocenters. The minimum absolute atomic E-state index is 0.0515. The molecule has 0 saturated carbocycles. The van der Waals surface area contributed by atoms with Gasteiger partial charge in [-0.25, -0.2) is 4.98 Å². The van der Waals surface area contributed by atoms with Crippen LogP contribution in [0, 0.1) is 0 Å². The van der Waals surface area contributed by atoms with Crippen LogP contribution in [0.1, 0.15) is 0 Å². The maximum absolute atomic E-state index is 10.8. The molecule has 1 saturated heterocycles. The number of carboxylic acid groups (broad SMARTS) is 1. The van der Waals surface area contributed by atoms with Gasteiger partial charge >= 0.3 is 5.97 Å². The smallest absolute Gasteiger partial charge is 0.313 e. The van der Waals surface area contributed by atoms with Gasteiger partial charge in [0.1, 0.15) is 0 Å². The highest BCUT2D eigenvalue weighted by Gasteiger charge is 2.19. The maximum atomic E-state index is 10.8. The molecule has 2 heterocycles. The molecule has 2 aromatic rings. The molecule has 1 aliphatic heterocycles. The van der Waals surface area contributed by atoms with E-state index in [0.29, 0.717) is 5.25 Å². The Hall–Kier alpha value is -0.790. The number of aliphatic carboxylic acids is 1. The first-order valence-corrected chi connectivity index (χ1v) is 9.92. The highest BCUT2D eigenvalue weighted by atomic mass is 32.2. The number of hydrogen-bond acceptors (Lipinski definition) is 5. The van der Waals surface area contributed by atoms with Crippen LogP contribution in [0.2, 0.25) is 0 Å². The summed E-state index contributed by atoms with van der Waals surface area (Å²) in [4.78, 5) is 15.4. The number of para-hydroxylation sites is 2. The van der Waals surface area contributed by atoms with Gasteiger partial charge in [-0.05, 0) is 12.1 Å². The summed E-state index contributed by atoms with van der Waals surface area (Å²) >= 11 is 5.31. The van der Waals surface area contributed by atoms with E-state index in [0.717, 1.165) is 28.5 Å². The Kier molecular flexibility index (Phi) is 5.03.